The van der Waals surface area contributed by atoms with Gasteiger partial charge in [0.1, 0.15) is 22.0 Å². The highest BCUT2D eigenvalue weighted by Gasteiger charge is 2.39. The molecule has 3 aromatic rings. The molecule has 2 fully saturated rings. The summed E-state index contributed by atoms with van der Waals surface area (Å²) in [6.07, 6.45) is -4.51. The van der Waals surface area contributed by atoms with Gasteiger partial charge in [0.15, 0.2) is 5.75 Å². The van der Waals surface area contributed by atoms with Crippen molar-refractivity contribution in [3.8, 4) is 5.75 Å². The van der Waals surface area contributed by atoms with Crippen LogP contribution in [0.3, 0.4) is 0 Å². The van der Waals surface area contributed by atoms with Crippen LogP contribution >= 0.6 is 11.6 Å². The molecule has 0 saturated carbocycles. The molecule has 41 heavy (non-hydrogen) atoms. The Kier molecular flexibility index (Phi) is 7.84. The fourth-order valence-corrected chi connectivity index (χ4v) is 7.04. The van der Waals surface area contributed by atoms with Crippen LogP contribution in [0, 0.1) is 0 Å². The second-order valence-electron chi connectivity index (χ2n) is 9.74. The number of piperazine rings is 1. The lowest BCUT2D eigenvalue weighted by atomic mass is 10.1. The van der Waals surface area contributed by atoms with Crippen molar-refractivity contribution in [2.75, 3.05) is 50.0 Å². The number of ether oxygens (including phenoxy) is 1. The van der Waals surface area contributed by atoms with Gasteiger partial charge in [-0.25, -0.2) is 8.42 Å². The lowest BCUT2D eigenvalue weighted by Crippen LogP contribution is -2.59. The van der Waals surface area contributed by atoms with Gasteiger partial charge in [-0.1, -0.05) is 18.5 Å². The third-order valence-corrected chi connectivity index (χ3v) is 9.60. The molecule has 0 unspecified atom stereocenters. The monoisotopic (exact) mass is 618 g/mol. The number of nitrogens with one attached hydrogen (secondary N) is 2. The molecule has 2 aliphatic rings. The Labute approximate surface area is 237 Å². The van der Waals surface area contributed by atoms with E-state index in [0.717, 1.165) is 12.1 Å². The Hall–Kier alpha value is -3.11. The minimum Gasteiger partial charge on any atom is -0.504 e. The van der Waals surface area contributed by atoms with E-state index in [2.05, 4.69) is 15.5 Å². The SMILES string of the molecule is CC[C@@H](Nc1c(Nc2ccc(Cl)c(S(=O)(=O)N3CCN4CCOC[C@@H]4C3)c2O)c(=O)c1=O)c1ccc(C(F)(F)F)o1. The van der Waals surface area contributed by atoms with Crippen LogP contribution in [0.4, 0.5) is 30.2 Å². The number of nitrogens with zero attached hydrogens (tertiary/aromatic N) is 2. The maximum absolute atomic E-state index is 13.6. The molecular formula is C25H26ClF3N4O7S. The fourth-order valence-electron chi connectivity index (χ4n) is 4.98. The van der Waals surface area contributed by atoms with Gasteiger partial charge in [-0.15, -0.1) is 0 Å². The maximum atomic E-state index is 13.6. The molecule has 0 amide bonds. The Morgan fingerprint density at radius 1 is 1.12 bits per heavy atom. The highest BCUT2D eigenvalue weighted by Crippen LogP contribution is 2.41. The lowest BCUT2D eigenvalue weighted by molar-refractivity contribution is -0.153. The number of fused-ring (bicyclic) bond motifs is 1. The highest BCUT2D eigenvalue weighted by atomic mass is 35.5. The number of phenolic OH excluding ortho intramolecular Hbond substituents is 1. The molecule has 222 valence electrons. The summed E-state index contributed by atoms with van der Waals surface area (Å²) in [6, 6.07) is 3.29. The predicted molar refractivity (Wildman–Crippen MR) is 143 cm³/mol. The molecule has 3 N–H and O–H groups in total. The van der Waals surface area contributed by atoms with Crippen molar-refractivity contribution < 1.29 is 35.8 Å². The molecule has 0 aliphatic carbocycles. The van der Waals surface area contributed by atoms with E-state index in [1.807, 2.05) is 0 Å². The average Bonchev–Trinajstić information content (AvgIpc) is 3.44. The van der Waals surface area contributed by atoms with Crippen LogP contribution in [-0.2, 0) is 20.9 Å². The van der Waals surface area contributed by atoms with Crippen molar-refractivity contribution >= 4 is 38.7 Å². The molecule has 2 atom stereocenters. The first-order valence-corrected chi connectivity index (χ1v) is 14.5. The molecule has 0 bridgehead atoms. The molecule has 5 rings (SSSR count). The van der Waals surface area contributed by atoms with Gasteiger partial charge in [0.25, 0.3) is 10.9 Å². The summed E-state index contributed by atoms with van der Waals surface area (Å²) in [5.41, 5.74) is -2.68. The minimum absolute atomic E-state index is 0.106. The highest BCUT2D eigenvalue weighted by molar-refractivity contribution is 7.89. The Balaban J connectivity index is 1.41. The predicted octanol–water partition coefficient (Wildman–Crippen LogP) is 3.27. The number of alkyl halides is 3. The van der Waals surface area contributed by atoms with Gasteiger partial charge in [0.05, 0.1) is 30.0 Å². The lowest BCUT2D eigenvalue weighted by Gasteiger charge is -2.43. The summed E-state index contributed by atoms with van der Waals surface area (Å²) in [5, 5.41) is 16.1. The quantitative estimate of drug-likeness (QED) is 0.254. The van der Waals surface area contributed by atoms with E-state index >= 15 is 0 Å². The molecular weight excluding hydrogens is 593 g/mol. The number of morpholine rings is 1. The number of phenols is 1. The zero-order chi connectivity index (χ0) is 29.7. The number of aromatic hydroxyl groups is 1. The number of furan rings is 1. The van der Waals surface area contributed by atoms with Crippen LogP contribution in [0.1, 0.15) is 30.9 Å². The van der Waals surface area contributed by atoms with Crippen LogP contribution in [-0.4, -0.2) is 68.2 Å². The van der Waals surface area contributed by atoms with Gasteiger partial charge in [0.2, 0.25) is 15.8 Å². The molecule has 2 saturated heterocycles. The van der Waals surface area contributed by atoms with Crippen LogP contribution < -0.4 is 21.5 Å². The summed E-state index contributed by atoms with van der Waals surface area (Å²) in [7, 11) is -4.29. The second-order valence-corrected chi connectivity index (χ2v) is 12.0. The van der Waals surface area contributed by atoms with Crippen molar-refractivity contribution in [1.29, 1.82) is 0 Å². The summed E-state index contributed by atoms with van der Waals surface area (Å²) in [6.45, 7) is 4.01. The number of hydrogen-bond acceptors (Lipinski definition) is 10. The third-order valence-electron chi connectivity index (χ3n) is 7.23. The van der Waals surface area contributed by atoms with E-state index < -0.39 is 49.5 Å². The summed E-state index contributed by atoms with van der Waals surface area (Å²) in [4.78, 5) is 26.4. The molecule has 2 aliphatic heterocycles. The van der Waals surface area contributed by atoms with Crippen molar-refractivity contribution in [1.82, 2.24) is 9.21 Å². The van der Waals surface area contributed by atoms with Crippen LogP contribution in [0.5, 0.6) is 5.75 Å². The van der Waals surface area contributed by atoms with Gasteiger partial charge in [0, 0.05) is 32.2 Å². The zero-order valence-corrected chi connectivity index (χ0v) is 23.2. The van der Waals surface area contributed by atoms with Crippen molar-refractivity contribution in [3.63, 3.8) is 0 Å². The minimum atomic E-state index is -4.70. The van der Waals surface area contributed by atoms with Gasteiger partial charge in [-0.3, -0.25) is 14.5 Å². The van der Waals surface area contributed by atoms with Crippen LogP contribution in [0.15, 0.2) is 43.2 Å². The number of benzene rings is 1. The molecule has 16 heteroatoms. The topological polar surface area (TPSA) is 141 Å². The van der Waals surface area contributed by atoms with Crippen molar-refractivity contribution in [3.05, 3.63) is 61.3 Å². The Morgan fingerprint density at radius 3 is 2.54 bits per heavy atom. The number of sulfonamides is 1. The molecule has 0 spiro atoms. The smallest absolute Gasteiger partial charge is 0.449 e. The molecule has 11 nitrogen and oxygen atoms in total. The van der Waals surface area contributed by atoms with E-state index in [1.54, 1.807) is 6.92 Å². The van der Waals surface area contributed by atoms with E-state index in [1.165, 1.54) is 16.4 Å². The van der Waals surface area contributed by atoms with Crippen LogP contribution in [0.25, 0.3) is 0 Å². The molecule has 3 heterocycles. The average molecular weight is 619 g/mol. The number of rotatable bonds is 8. The number of hydrogen-bond donors (Lipinski definition) is 3. The van der Waals surface area contributed by atoms with E-state index in [0.29, 0.717) is 26.3 Å². The third kappa shape index (κ3) is 5.44. The van der Waals surface area contributed by atoms with Crippen molar-refractivity contribution in [2.24, 2.45) is 0 Å². The molecule has 1 aromatic heterocycles. The summed E-state index contributed by atoms with van der Waals surface area (Å²) >= 11 is 6.23. The largest absolute Gasteiger partial charge is 0.504 e. The van der Waals surface area contributed by atoms with Gasteiger partial charge in [-0.05, 0) is 30.7 Å². The zero-order valence-electron chi connectivity index (χ0n) is 21.6. The van der Waals surface area contributed by atoms with E-state index in [4.69, 9.17) is 20.8 Å². The van der Waals surface area contributed by atoms with Gasteiger partial charge < -0.3 is 24.9 Å². The summed E-state index contributed by atoms with van der Waals surface area (Å²) < 4.78 is 77.7. The first kappa shape index (κ1) is 29.4. The fraction of sp³-hybridized carbons (Fsp3) is 0.440. The van der Waals surface area contributed by atoms with Gasteiger partial charge in [-0.2, -0.15) is 17.5 Å². The van der Waals surface area contributed by atoms with E-state index in [9.17, 15) is 36.3 Å². The Bertz CT molecular complexity index is 1630. The van der Waals surface area contributed by atoms with E-state index in [-0.39, 0.29) is 53.4 Å². The van der Waals surface area contributed by atoms with Crippen LogP contribution in [0.2, 0.25) is 5.02 Å². The molecule has 2 aromatic carbocycles. The molecule has 0 radical (unpaired) electrons. The first-order valence-electron chi connectivity index (χ1n) is 12.7. The Morgan fingerprint density at radius 2 is 1.85 bits per heavy atom. The second kappa shape index (κ2) is 10.9. The van der Waals surface area contributed by atoms with Gasteiger partial charge >= 0.3 is 6.18 Å². The number of anilines is 3. The van der Waals surface area contributed by atoms with Crippen molar-refractivity contribution in [2.45, 2.75) is 36.5 Å². The summed E-state index contributed by atoms with van der Waals surface area (Å²) in [5.74, 6) is -2.08. The normalized spacial score (nSPS) is 19.7. The number of halogens is 4. The first-order chi connectivity index (χ1) is 19.3. The maximum Gasteiger partial charge on any atom is 0.449 e. The standard InChI is InChI=1S/C25H26ClF3N4O7S/c1-2-15(17-5-6-18(40-17)25(27,28)29)30-19-20(23(36)22(19)35)31-16-4-3-14(26)24(21(16)34)41(37,38)33-8-7-32-9-10-39-12-13(32)11-33/h3-6,13,15,30-31,34H,2,7-12H2,1H3/t13-,15+/m0/s1.